The first-order valence-electron chi connectivity index (χ1n) is 11.6. The summed E-state index contributed by atoms with van der Waals surface area (Å²) in [5.74, 6) is 1.41. The Morgan fingerprint density at radius 3 is 2.71 bits per heavy atom. The van der Waals surface area contributed by atoms with Crippen LogP contribution in [0.1, 0.15) is 55.4 Å². The molecule has 0 amide bonds. The molecule has 31 heavy (non-hydrogen) atoms. The second kappa shape index (κ2) is 8.96. The van der Waals surface area contributed by atoms with Gasteiger partial charge in [0, 0.05) is 41.9 Å². The lowest BCUT2D eigenvalue weighted by atomic mass is 9.91. The van der Waals surface area contributed by atoms with Crippen LogP contribution in [0.25, 0.3) is 10.2 Å². The van der Waals surface area contributed by atoms with Gasteiger partial charge in [0.1, 0.15) is 10.6 Å². The highest BCUT2D eigenvalue weighted by atomic mass is 32.2. The smallest absolute Gasteiger partial charge is 0.150 e. The van der Waals surface area contributed by atoms with Crippen LogP contribution in [0.3, 0.4) is 0 Å². The molecule has 1 aliphatic heterocycles. The Morgan fingerprint density at radius 1 is 1.19 bits per heavy atom. The van der Waals surface area contributed by atoms with E-state index in [0.29, 0.717) is 6.04 Å². The molecule has 0 radical (unpaired) electrons. The van der Waals surface area contributed by atoms with Gasteiger partial charge in [-0.05, 0) is 50.2 Å². The number of hydrogen-bond donors (Lipinski definition) is 0. The van der Waals surface area contributed by atoms with E-state index in [9.17, 15) is 8.42 Å². The zero-order valence-electron chi connectivity index (χ0n) is 18.2. The summed E-state index contributed by atoms with van der Waals surface area (Å²) < 4.78 is 36.7. The van der Waals surface area contributed by atoms with Gasteiger partial charge in [-0.3, -0.25) is 4.90 Å². The van der Waals surface area contributed by atoms with Gasteiger partial charge in [0.25, 0.3) is 0 Å². The van der Waals surface area contributed by atoms with E-state index in [-0.39, 0.29) is 23.5 Å². The van der Waals surface area contributed by atoms with Crippen LogP contribution >= 0.6 is 11.3 Å². The molecule has 3 aliphatic rings. The molecule has 8 heteroatoms. The lowest BCUT2D eigenvalue weighted by Crippen LogP contribution is -2.46. The number of thiophene rings is 1. The lowest BCUT2D eigenvalue weighted by Gasteiger charge is -2.38. The molecule has 2 aromatic heterocycles. The molecule has 0 bridgehead atoms. The summed E-state index contributed by atoms with van der Waals surface area (Å²) >= 11 is 1.71. The molecule has 6 nitrogen and oxygen atoms in total. The van der Waals surface area contributed by atoms with Crippen LogP contribution in [0.15, 0.2) is 12.3 Å². The van der Waals surface area contributed by atoms with Gasteiger partial charge < -0.3 is 9.47 Å². The number of rotatable bonds is 6. The van der Waals surface area contributed by atoms with Gasteiger partial charge in [-0.25, -0.2) is 13.4 Å². The molecule has 1 saturated carbocycles. The van der Waals surface area contributed by atoms with Gasteiger partial charge in [0.15, 0.2) is 9.84 Å². The number of ether oxygens (including phenoxy) is 2. The van der Waals surface area contributed by atoms with Crippen molar-refractivity contribution in [3.8, 4) is 5.75 Å². The van der Waals surface area contributed by atoms with Gasteiger partial charge in [-0.15, -0.1) is 11.3 Å². The molecule has 0 spiro atoms. The predicted octanol–water partition coefficient (Wildman–Crippen LogP) is 3.78. The number of aryl methyl sites for hydroxylation is 1. The predicted molar refractivity (Wildman–Crippen MR) is 124 cm³/mol. The highest BCUT2D eigenvalue weighted by Gasteiger charge is 2.33. The molecule has 0 aromatic carbocycles. The standard InChI is InChI=1S/C23H32N2O4S2/c1-2-31(26,27)15-16-3-8-20-21(16)22-19(9-10-24-23(22)30-20)29-18-6-4-17(5-7-18)25-11-13-28-14-12-25/h9-10,16-18H,2-8,11-15H2,1H3/t16-,17?,18?/m1/s1. The Kier molecular flexibility index (Phi) is 6.25. The van der Waals surface area contributed by atoms with Crippen molar-refractivity contribution in [2.45, 2.75) is 63.5 Å². The van der Waals surface area contributed by atoms with E-state index in [0.717, 1.165) is 80.8 Å². The van der Waals surface area contributed by atoms with Gasteiger partial charge in [-0.2, -0.15) is 0 Å². The fourth-order valence-electron chi connectivity index (χ4n) is 5.47. The summed E-state index contributed by atoms with van der Waals surface area (Å²) in [6, 6.07) is 2.63. The van der Waals surface area contributed by atoms with Crippen molar-refractivity contribution in [3.05, 3.63) is 22.7 Å². The maximum Gasteiger partial charge on any atom is 0.150 e. The quantitative estimate of drug-likeness (QED) is 0.648. The minimum Gasteiger partial charge on any atom is -0.490 e. The minimum absolute atomic E-state index is 0.0670. The molecule has 1 atom stereocenters. The molecule has 2 aliphatic carbocycles. The van der Waals surface area contributed by atoms with Crippen molar-refractivity contribution in [1.82, 2.24) is 9.88 Å². The number of sulfone groups is 1. The average Bonchev–Trinajstić information content (AvgIpc) is 3.35. The van der Waals surface area contributed by atoms with Crippen molar-refractivity contribution in [2.24, 2.45) is 0 Å². The molecule has 1 saturated heterocycles. The average molecular weight is 465 g/mol. The topological polar surface area (TPSA) is 68.7 Å². The maximum atomic E-state index is 12.3. The van der Waals surface area contributed by atoms with E-state index < -0.39 is 9.84 Å². The van der Waals surface area contributed by atoms with Crippen LogP contribution in [0.2, 0.25) is 0 Å². The van der Waals surface area contributed by atoms with Crippen LogP contribution in [-0.2, 0) is 21.0 Å². The second-order valence-corrected chi connectivity index (χ2v) is 12.5. The number of nitrogens with zero attached hydrogens (tertiary/aromatic N) is 2. The third-order valence-electron chi connectivity index (χ3n) is 7.19. The summed E-state index contributed by atoms with van der Waals surface area (Å²) in [4.78, 5) is 9.46. The van der Waals surface area contributed by atoms with Crippen LogP contribution < -0.4 is 4.74 Å². The lowest BCUT2D eigenvalue weighted by molar-refractivity contribution is -0.000919. The van der Waals surface area contributed by atoms with Crippen LogP contribution in [0, 0.1) is 0 Å². The number of hydrogen-bond acceptors (Lipinski definition) is 7. The number of pyridine rings is 1. The Hall–Kier alpha value is -1.22. The largest absolute Gasteiger partial charge is 0.490 e. The van der Waals surface area contributed by atoms with Gasteiger partial charge in [-0.1, -0.05) is 6.92 Å². The van der Waals surface area contributed by atoms with Crippen molar-refractivity contribution in [1.29, 1.82) is 0 Å². The fraction of sp³-hybridized carbons (Fsp3) is 0.696. The minimum atomic E-state index is -3.02. The monoisotopic (exact) mass is 464 g/mol. The molecule has 170 valence electrons. The normalized spacial score (nSPS) is 27.5. The van der Waals surface area contributed by atoms with Gasteiger partial charge in [0.2, 0.25) is 0 Å². The van der Waals surface area contributed by atoms with E-state index in [2.05, 4.69) is 9.88 Å². The zero-order valence-corrected chi connectivity index (χ0v) is 19.8. The Balaban J connectivity index is 1.33. The molecule has 5 rings (SSSR count). The van der Waals surface area contributed by atoms with E-state index in [1.54, 1.807) is 18.3 Å². The third kappa shape index (κ3) is 4.49. The van der Waals surface area contributed by atoms with Crippen LogP contribution in [-0.4, -0.2) is 68.3 Å². The Bertz CT molecular complexity index is 1020. The zero-order chi connectivity index (χ0) is 21.4. The highest BCUT2D eigenvalue weighted by Crippen LogP contribution is 2.47. The van der Waals surface area contributed by atoms with Crippen molar-refractivity contribution in [3.63, 3.8) is 0 Å². The first-order chi connectivity index (χ1) is 15.0. The number of fused-ring (bicyclic) bond motifs is 3. The Labute approximate surface area is 188 Å². The van der Waals surface area contributed by atoms with E-state index in [4.69, 9.17) is 9.47 Å². The Morgan fingerprint density at radius 2 is 1.97 bits per heavy atom. The van der Waals surface area contributed by atoms with Crippen molar-refractivity contribution >= 4 is 31.4 Å². The number of morpholine rings is 1. The van der Waals surface area contributed by atoms with Crippen molar-refractivity contribution < 1.29 is 17.9 Å². The summed E-state index contributed by atoms with van der Waals surface area (Å²) in [6.45, 7) is 5.53. The SMILES string of the molecule is CCS(=O)(=O)C[C@H]1CCc2sc3nccc(OC4CCC(N5CCOCC5)CC4)c3c21. The first-order valence-corrected chi connectivity index (χ1v) is 14.3. The van der Waals surface area contributed by atoms with Crippen LogP contribution in [0.4, 0.5) is 0 Å². The molecule has 2 fully saturated rings. The number of aromatic nitrogens is 1. The molecular formula is C23H32N2O4S2. The molecule has 3 heterocycles. The highest BCUT2D eigenvalue weighted by molar-refractivity contribution is 7.91. The van der Waals surface area contributed by atoms with E-state index >= 15 is 0 Å². The summed E-state index contributed by atoms with van der Waals surface area (Å²) in [6.07, 6.45) is 8.37. The van der Waals surface area contributed by atoms with Gasteiger partial charge >= 0.3 is 0 Å². The second-order valence-electron chi connectivity index (χ2n) is 9.06. The molecule has 2 aromatic rings. The molecular weight excluding hydrogens is 432 g/mol. The fourth-order valence-corrected chi connectivity index (χ4v) is 7.91. The maximum absolute atomic E-state index is 12.3. The third-order valence-corrected chi connectivity index (χ3v) is 10.2. The first kappa shape index (κ1) is 21.6. The van der Waals surface area contributed by atoms with Gasteiger partial charge in [0.05, 0.1) is 30.5 Å². The van der Waals surface area contributed by atoms with E-state index in [1.807, 2.05) is 12.3 Å². The summed E-state index contributed by atoms with van der Waals surface area (Å²) in [7, 11) is -3.02. The van der Waals surface area contributed by atoms with Crippen LogP contribution in [0.5, 0.6) is 5.75 Å². The van der Waals surface area contributed by atoms with Crippen molar-refractivity contribution in [2.75, 3.05) is 37.8 Å². The molecule has 0 N–H and O–H groups in total. The summed E-state index contributed by atoms with van der Waals surface area (Å²) in [5, 5.41) is 1.08. The van der Waals surface area contributed by atoms with E-state index in [1.165, 1.54) is 10.4 Å². The summed E-state index contributed by atoms with van der Waals surface area (Å²) in [5.41, 5.74) is 1.20. The molecule has 0 unspecified atom stereocenters.